The summed E-state index contributed by atoms with van der Waals surface area (Å²) in [6.45, 7) is 4.06. The van der Waals surface area contributed by atoms with Gasteiger partial charge in [0.05, 0.1) is 17.1 Å². The number of anilines is 1. The van der Waals surface area contributed by atoms with E-state index in [0.717, 1.165) is 22.6 Å². The van der Waals surface area contributed by atoms with Crippen molar-refractivity contribution in [3.05, 3.63) is 59.9 Å². The summed E-state index contributed by atoms with van der Waals surface area (Å²) >= 11 is 0. The Balaban J connectivity index is 2.18. The van der Waals surface area contributed by atoms with Crippen LogP contribution in [0.15, 0.2) is 48.7 Å². The third kappa shape index (κ3) is 2.28. The van der Waals surface area contributed by atoms with Gasteiger partial charge in [0.15, 0.2) is 0 Å². The molecular weight excluding hydrogens is 248 g/mol. The Labute approximate surface area is 117 Å². The van der Waals surface area contributed by atoms with Crippen LogP contribution in [0.4, 0.5) is 5.82 Å². The molecule has 0 aliphatic rings. The first-order valence-corrected chi connectivity index (χ1v) is 6.49. The fourth-order valence-electron chi connectivity index (χ4n) is 2.27. The predicted molar refractivity (Wildman–Crippen MR) is 80.7 cm³/mol. The minimum atomic E-state index is 0.511. The zero-order valence-electron chi connectivity index (χ0n) is 11.5. The number of aromatic nitrogens is 3. The second-order valence-corrected chi connectivity index (χ2v) is 4.89. The second kappa shape index (κ2) is 4.81. The lowest BCUT2D eigenvalue weighted by Crippen LogP contribution is -2.00. The second-order valence-electron chi connectivity index (χ2n) is 4.89. The van der Waals surface area contributed by atoms with Crippen molar-refractivity contribution in [3.8, 4) is 16.9 Å². The molecule has 0 spiro atoms. The van der Waals surface area contributed by atoms with Crippen molar-refractivity contribution in [2.24, 2.45) is 0 Å². The molecule has 20 heavy (non-hydrogen) atoms. The number of aryl methyl sites for hydroxylation is 2. The van der Waals surface area contributed by atoms with Crippen molar-refractivity contribution in [3.63, 3.8) is 0 Å². The van der Waals surface area contributed by atoms with Gasteiger partial charge in [0.2, 0.25) is 0 Å². The zero-order valence-corrected chi connectivity index (χ0v) is 11.5. The van der Waals surface area contributed by atoms with E-state index in [9.17, 15) is 0 Å². The van der Waals surface area contributed by atoms with Crippen LogP contribution in [0.1, 0.15) is 11.3 Å². The molecule has 0 unspecified atom stereocenters. The van der Waals surface area contributed by atoms with E-state index in [0.29, 0.717) is 5.82 Å². The molecule has 4 nitrogen and oxygen atoms in total. The van der Waals surface area contributed by atoms with Gasteiger partial charge < -0.3 is 5.73 Å². The van der Waals surface area contributed by atoms with Crippen LogP contribution >= 0.6 is 0 Å². The molecule has 3 aromatic rings. The first-order chi connectivity index (χ1) is 9.63. The largest absolute Gasteiger partial charge is 0.384 e. The van der Waals surface area contributed by atoms with Gasteiger partial charge in [0, 0.05) is 11.8 Å². The van der Waals surface area contributed by atoms with Gasteiger partial charge in [-0.3, -0.25) is 0 Å². The van der Waals surface area contributed by atoms with Crippen LogP contribution in [-0.4, -0.2) is 14.8 Å². The Morgan fingerprint density at radius 1 is 1.05 bits per heavy atom. The van der Waals surface area contributed by atoms with Gasteiger partial charge >= 0.3 is 0 Å². The Hall–Kier alpha value is -2.62. The third-order valence-corrected chi connectivity index (χ3v) is 3.15. The average molecular weight is 264 g/mol. The van der Waals surface area contributed by atoms with E-state index in [-0.39, 0.29) is 0 Å². The maximum Gasteiger partial charge on any atom is 0.123 e. The summed E-state index contributed by atoms with van der Waals surface area (Å²) in [5.74, 6) is 0.511. The highest BCUT2D eigenvalue weighted by molar-refractivity contribution is 5.65. The van der Waals surface area contributed by atoms with Crippen molar-refractivity contribution in [1.29, 1.82) is 0 Å². The van der Waals surface area contributed by atoms with Gasteiger partial charge in [-0.1, -0.05) is 12.1 Å². The summed E-state index contributed by atoms with van der Waals surface area (Å²) in [6, 6.07) is 14.1. The van der Waals surface area contributed by atoms with E-state index < -0.39 is 0 Å². The maximum atomic E-state index is 5.77. The molecule has 2 N–H and O–H groups in total. The minimum Gasteiger partial charge on any atom is -0.384 e. The molecule has 1 aromatic carbocycles. The fourth-order valence-corrected chi connectivity index (χ4v) is 2.27. The Morgan fingerprint density at radius 3 is 2.65 bits per heavy atom. The van der Waals surface area contributed by atoms with Crippen LogP contribution in [0.2, 0.25) is 0 Å². The molecule has 4 heteroatoms. The highest BCUT2D eigenvalue weighted by Crippen LogP contribution is 2.24. The number of nitrogen functional groups attached to an aromatic ring is 1. The molecule has 0 radical (unpaired) electrons. The first-order valence-electron chi connectivity index (χ1n) is 6.49. The first kappa shape index (κ1) is 12.4. The van der Waals surface area contributed by atoms with E-state index in [1.165, 1.54) is 5.56 Å². The van der Waals surface area contributed by atoms with Gasteiger partial charge in [-0.2, -0.15) is 5.10 Å². The SMILES string of the molecule is Cc1cccc(-n2nc(C)cc2-c2ccnc(N)c2)c1. The summed E-state index contributed by atoms with van der Waals surface area (Å²) in [5, 5.41) is 4.58. The molecule has 0 aliphatic heterocycles. The molecule has 100 valence electrons. The van der Waals surface area contributed by atoms with Crippen LogP contribution in [0.5, 0.6) is 0 Å². The van der Waals surface area contributed by atoms with Crippen LogP contribution in [0.25, 0.3) is 16.9 Å². The summed E-state index contributed by atoms with van der Waals surface area (Å²) in [6.07, 6.45) is 1.72. The molecule has 0 saturated carbocycles. The van der Waals surface area contributed by atoms with Crippen molar-refractivity contribution in [2.45, 2.75) is 13.8 Å². The Bertz CT molecular complexity index is 696. The molecule has 2 aromatic heterocycles. The molecular formula is C16H16N4. The standard InChI is InChI=1S/C16H16N4/c1-11-4-3-5-14(8-11)20-15(9-12(2)19-20)13-6-7-18-16(17)10-13/h3-10H,1-2H3,(H2,17,18). The highest BCUT2D eigenvalue weighted by Gasteiger charge is 2.10. The molecule has 0 aliphatic carbocycles. The van der Waals surface area contributed by atoms with Gasteiger partial charge in [0.25, 0.3) is 0 Å². The van der Waals surface area contributed by atoms with Crippen LogP contribution in [0, 0.1) is 13.8 Å². The quantitative estimate of drug-likeness (QED) is 0.773. The molecule has 0 saturated heterocycles. The monoisotopic (exact) mass is 264 g/mol. The summed E-state index contributed by atoms with van der Waals surface area (Å²) in [5.41, 5.74) is 11.0. The van der Waals surface area contributed by atoms with Gasteiger partial charge in [-0.25, -0.2) is 9.67 Å². The smallest absolute Gasteiger partial charge is 0.123 e. The molecule has 3 rings (SSSR count). The minimum absolute atomic E-state index is 0.511. The van der Waals surface area contributed by atoms with E-state index in [1.54, 1.807) is 6.20 Å². The Kier molecular flexibility index (Phi) is 2.99. The fraction of sp³-hybridized carbons (Fsp3) is 0.125. The van der Waals surface area contributed by atoms with Gasteiger partial charge in [-0.15, -0.1) is 0 Å². The third-order valence-electron chi connectivity index (χ3n) is 3.15. The van der Waals surface area contributed by atoms with Gasteiger partial charge in [0.1, 0.15) is 5.82 Å². The lowest BCUT2D eigenvalue weighted by molar-refractivity contribution is 0.868. The van der Waals surface area contributed by atoms with Crippen LogP contribution in [-0.2, 0) is 0 Å². The molecule has 0 amide bonds. The molecule has 0 fully saturated rings. The predicted octanol–water partition coefficient (Wildman–Crippen LogP) is 3.13. The van der Waals surface area contributed by atoms with E-state index >= 15 is 0 Å². The van der Waals surface area contributed by atoms with Crippen molar-refractivity contribution in [1.82, 2.24) is 14.8 Å². The molecule has 0 bridgehead atoms. The topological polar surface area (TPSA) is 56.7 Å². The Morgan fingerprint density at radius 2 is 1.90 bits per heavy atom. The zero-order chi connectivity index (χ0) is 14.1. The number of nitrogens with two attached hydrogens (primary N) is 1. The number of benzene rings is 1. The van der Waals surface area contributed by atoms with Crippen molar-refractivity contribution >= 4 is 5.82 Å². The number of pyridine rings is 1. The number of hydrogen-bond donors (Lipinski definition) is 1. The normalized spacial score (nSPS) is 10.7. The highest BCUT2D eigenvalue weighted by atomic mass is 15.3. The van der Waals surface area contributed by atoms with Crippen molar-refractivity contribution in [2.75, 3.05) is 5.73 Å². The summed E-state index contributed by atoms with van der Waals surface area (Å²) in [7, 11) is 0. The molecule has 2 heterocycles. The summed E-state index contributed by atoms with van der Waals surface area (Å²) < 4.78 is 1.94. The lowest BCUT2D eigenvalue weighted by Gasteiger charge is -2.08. The van der Waals surface area contributed by atoms with E-state index in [2.05, 4.69) is 35.2 Å². The number of rotatable bonds is 2. The van der Waals surface area contributed by atoms with Crippen molar-refractivity contribution < 1.29 is 0 Å². The molecule has 0 atom stereocenters. The number of nitrogens with zero attached hydrogens (tertiary/aromatic N) is 3. The lowest BCUT2D eigenvalue weighted by atomic mass is 10.1. The van der Waals surface area contributed by atoms with E-state index in [1.807, 2.05) is 35.9 Å². The van der Waals surface area contributed by atoms with E-state index in [4.69, 9.17) is 5.73 Å². The summed E-state index contributed by atoms with van der Waals surface area (Å²) in [4.78, 5) is 4.04. The van der Waals surface area contributed by atoms with Crippen LogP contribution in [0.3, 0.4) is 0 Å². The average Bonchev–Trinajstić information content (AvgIpc) is 2.81. The number of hydrogen-bond acceptors (Lipinski definition) is 3. The van der Waals surface area contributed by atoms with Gasteiger partial charge in [-0.05, 0) is 49.7 Å². The maximum absolute atomic E-state index is 5.77. The van der Waals surface area contributed by atoms with Crippen LogP contribution < -0.4 is 5.73 Å².